The molecule has 0 aromatic heterocycles. The fraction of sp³-hybridized carbons (Fsp3) is 0.556. The molecule has 1 aliphatic rings. The molecule has 2 rings (SSSR count). The number of alkyl halides is 14. The minimum absolute atomic E-state index is 0.0742. The average Bonchev–Trinajstić information content (AvgIpc) is 3.22. The molecule has 0 spiro atoms. The summed E-state index contributed by atoms with van der Waals surface area (Å²) in [6, 6.07) is 0.700. The highest BCUT2D eigenvalue weighted by molar-refractivity contribution is 5.87. The van der Waals surface area contributed by atoms with Gasteiger partial charge in [-0.3, -0.25) is 4.79 Å². The van der Waals surface area contributed by atoms with Crippen LogP contribution in [0.5, 0.6) is 11.5 Å². The van der Waals surface area contributed by atoms with Gasteiger partial charge in [0.25, 0.3) is 0 Å². The first-order valence-corrected chi connectivity index (χ1v) is 9.49. The van der Waals surface area contributed by atoms with Gasteiger partial charge in [0.2, 0.25) is 6.79 Å². The molecule has 1 aliphatic heterocycles. The highest BCUT2D eigenvalue weighted by atomic mass is 19.4. The van der Waals surface area contributed by atoms with E-state index in [0.717, 1.165) is 18.2 Å². The minimum Gasteiger partial charge on any atom is -0.454 e. The summed E-state index contributed by atoms with van der Waals surface area (Å²) >= 11 is 0. The molecule has 0 aliphatic carbocycles. The second kappa shape index (κ2) is 9.51. The number of nitrogens with zero attached hydrogens (tertiary/aromatic N) is 1. The summed E-state index contributed by atoms with van der Waals surface area (Å²) in [5.41, 5.74) is -0.200. The summed E-state index contributed by atoms with van der Waals surface area (Å²) < 4.78 is 193. The van der Waals surface area contributed by atoms with Crippen LogP contribution in [0.1, 0.15) is 12.5 Å². The van der Waals surface area contributed by atoms with E-state index in [1.807, 2.05) is 0 Å². The number of hydrogen-bond acceptors (Lipinski definition) is 5. The maximum atomic E-state index is 14.0. The van der Waals surface area contributed by atoms with Gasteiger partial charge in [0.1, 0.15) is 0 Å². The number of fused-ring (bicyclic) bond motifs is 1. The average molecular weight is 587 g/mol. The second-order valence-corrected chi connectivity index (χ2v) is 7.54. The molecule has 1 atom stereocenters. The Morgan fingerprint density at radius 2 is 1.29 bits per heavy atom. The maximum Gasteiger partial charge on any atom is 0.460 e. The van der Waals surface area contributed by atoms with E-state index in [-0.39, 0.29) is 23.9 Å². The standard InChI is InChI=1S/C18H11F14NO5/c1-7(4-8-2-3-9-10(5-8)37-6-36-9)33(11(34)13(19,20)15(23,24)17(27,28)29)38-12(35)14(21,22)16(25,26)18(30,31)32/h2-3,5,7H,4,6H2,1H3. The SMILES string of the molecule is CC(Cc1ccc2c(c1)OCO2)N(OC(=O)C(F)(F)C(F)(F)C(F)(F)F)C(=O)C(F)(F)C(F)(F)C(F)(F)F. The molecule has 1 unspecified atom stereocenters. The molecule has 0 bridgehead atoms. The van der Waals surface area contributed by atoms with Crippen LogP contribution in [0.25, 0.3) is 0 Å². The fourth-order valence-corrected chi connectivity index (χ4v) is 2.73. The minimum atomic E-state index is -7.26. The van der Waals surface area contributed by atoms with Crippen molar-refractivity contribution in [2.24, 2.45) is 0 Å². The number of carbonyl (C=O) groups excluding carboxylic acids is 2. The Morgan fingerprint density at radius 1 is 0.816 bits per heavy atom. The van der Waals surface area contributed by atoms with Crippen LogP contribution in [0.2, 0.25) is 0 Å². The van der Waals surface area contributed by atoms with Gasteiger partial charge < -0.3 is 14.3 Å². The van der Waals surface area contributed by atoms with Crippen molar-refractivity contribution in [3.63, 3.8) is 0 Å². The first-order chi connectivity index (χ1) is 16.9. The van der Waals surface area contributed by atoms with Crippen molar-refractivity contribution in [3.8, 4) is 11.5 Å². The van der Waals surface area contributed by atoms with Crippen molar-refractivity contribution >= 4 is 11.9 Å². The van der Waals surface area contributed by atoms with E-state index in [1.165, 1.54) is 0 Å². The number of carbonyl (C=O) groups is 2. The predicted octanol–water partition coefficient (Wildman–Crippen LogP) is 5.30. The number of benzene rings is 1. The first-order valence-electron chi connectivity index (χ1n) is 9.49. The van der Waals surface area contributed by atoms with E-state index in [9.17, 15) is 71.1 Å². The van der Waals surface area contributed by atoms with Crippen molar-refractivity contribution in [2.75, 3.05) is 6.79 Å². The molecule has 0 saturated heterocycles. The number of rotatable bonds is 7. The van der Waals surface area contributed by atoms with Crippen LogP contribution in [0.3, 0.4) is 0 Å². The van der Waals surface area contributed by atoms with E-state index in [0.29, 0.717) is 6.92 Å². The summed E-state index contributed by atoms with van der Waals surface area (Å²) in [6.45, 7) is 0.0788. The molecule has 38 heavy (non-hydrogen) atoms. The van der Waals surface area contributed by atoms with Crippen molar-refractivity contribution < 1.29 is 85.4 Å². The van der Waals surface area contributed by atoms with Crippen LogP contribution < -0.4 is 9.47 Å². The van der Waals surface area contributed by atoms with Crippen molar-refractivity contribution in [2.45, 2.75) is 55.4 Å². The summed E-state index contributed by atoms with van der Waals surface area (Å²) in [5.74, 6) is -36.4. The third-order valence-electron chi connectivity index (χ3n) is 4.78. The van der Waals surface area contributed by atoms with Crippen molar-refractivity contribution in [3.05, 3.63) is 23.8 Å². The highest BCUT2D eigenvalue weighted by Gasteiger charge is 2.79. The number of amides is 1. The first kappa shape index (κ1) is 31.0. The van der Waals surface area contributed by atoms with Gasteiger partial charge in [-0.1, -0.05) is 6.07 Å². The maximum absolute atomic E-state index is 14.0. The van der Waals surface area contributed by atoms with Gasteiger partial charge in [-0.2, -0.15) is 66.5 Å². The van der Waals surface area contributed by atoms with Crippen molar-refractivity contribution in [1.82, 2.24) is 5.06 Å². The molecule has 0 radical (unpaired) electrons. The molecular weight excluding hydrogens is 576 g/mol. The molecule has 1 aromatic rings. The van der Waals surface area contributed by atoms with Crippen LogP contribution in [-0.2, 0) is 20.8 Å². The monoisotopic (exact) mass is 587 g/mol. The van der Waals surface area contributed by atoms with Gasteiger partial charge in [0.15, 0.2) is 11.5 Å². The number of hydroxylamine groups is 2. The summed E-state index contributed by atoms with van der Waals surface area (Å²) in [5, 5.41) is -1.56. The highest BCUT2D eigenvalue weighted by Crippen LogP contribution is 2.49. The van der Waals surface area contributed by atoms with Gasteiger partial charge in [-0.15, -0.1) is 0 Å². The van der Waals surface area contributed by atoms with Crippen LogP contribution in [0.15, 0.2) is 18.2 Å². The second-order valence-electron chi connectivity index (χ2n) is 7.54. The van der Waals surface area contributed by atoms with Crippen LogP contribution in [0, 0.1) is 0 Å². The molecule has 0 saturated carbocycles. The molecule has 6 nitrogen and oxygen atoms in total. The Kier molecular flexibility index (Phi) is 7.76. The Balaban J connectivity index is 2.50. The Labute approximate surface area is 200 Å². The van der Waals surface area contributed by atoms with E-state index < -0.39 is 65.4 Å². The lowest BCUT2D eigenvalue weighted by molar-refractivity contribution is -0.359. The molecule has 1 heterocycles. The molecule has 216 valence electrons. The fourth-order valence-electron chi connectivity index (χ4n) is 2.73. The Hall–Kier alpha value is -3.22. The van der Waals surface area contributed by atoms with E-state index in [1.54, 1.807) is 0 Å². The zero-order valence-electron chi connectivity index (χ0n) is 18.0. The smallest absolute Gasteiger partial charge is 0.454 e. The van der Waals surface area contributed by atoms with Crippen molar-refractivity contribution in [1.29, 1.82) is 0 Å². The third-order valence-corrected chi connectivity index (χ3v) is 4.78. The molecule has 1 amide bonds. The molecular formula is C18H11F14NO5. The summed E-state index contributed by atoms with van der Waals surface area (Å²) in [7, 11) is 0. The summed E-state index contributed by atoms with van der Waals surface area (Å²) in [6.07, 6.45) is -15.4. The van der Waals surface area contributed by atoms with Gasteiger partial charge >= 0.3 is 47.9 Å². The topological polar surface area (TPSA) is 65.1 Å². The largest absolute Gasteiger partial charge is 0.460 e. The van der Waals surface area contributed by atoms with Crippen LogP contribution >= 0.6 is 0 Å². The lowest BCUT2D eigenvalue weighted by Crippen LogP contribution is -2.63. The van der Waals surface area contributed by atoms with Gasteiger partial charge in [0, 0.05) is 0 Å². The zero-order valence-corrected chi connectivity index (χ0v) is 18.0. The molecule has 0 N–H and O–H groups in total. The Morgan fingerprint density at radius 3 is 1.79 bits per heavy atom. The molecule has 20 heteroatoms. The van der Waals surface area contributed by atoms with Gasteiger partial charge in [-0.25, -0.2) is 4.79 Å². The van der Waals surface area contributed by atoms with Crippen LogP contribution in [-0.4, -0.2) is 65.8 Å². The van der Waals surface area contributed by atoms with Gasteiger partial charge in [-0.05, 0) is 31.0 Å². The number of ether oxygens (including phenoxy) is 2. The Bertz CT molecular complexity index is 1070. The zero-order chi connectivity index (χ0) is 29.7. The van der Waals surface area contributed by atoms with Gasteiger partial charge in [0.05, 0.1) is 6.04 Å². The lowest BCUT2D eigenvalue weighted by atomic mass is 10.0. The molecule has 0 fully saturated rings. The molecule has 1 aromatic carbocycles. The quantitative estimate of drug-likeness (QED) is 0.320. The number of halogens is 14. The van der Waals surface area contributed by atoms with Crippen LogP contribution in [0.4, 0.5) is 61.5 Å². The predicted molar refractivity (Wildman–Crippen MR) is 90.6 cm³/mol. The normalized spacial score (nSPS) is 15.8. The van der Waals surface area contributed by atoms with E-state index in [4.69, 9.17) is 9.47 Å². The lowest BCUT2D eigenvalue weighted by Gasteiger charge is -2.35. The third kappa shape index (κ3) is 5.20. The summed E-state index contributed by atoms with van der Waals surface area (Å²) in [4.78, 5) is 26.8. The van der Waals surface area contributed by atoms with E-state index >= 15 is 0 Å². The van der Waals surface area contributed by atoms with E-state index in [2.05, 4.69) is 4.84 Å². The number of hydrogen-bond donors (Lipinski definition) is 0.